The Morgan fingerprint density at radius 3 is 2.52 bits per heavy atom. The molecular formula is C16H15NO3S. The smallest absolute Gasteiger partial charge is 0.328 e. The minimum Gasteiger partial charge on any atom is -0.478 e. The third kappa shape index (κ3) is 4.29. The molecule has 0 fully saturated rings. The summed E-state index contributed by atoms with van der Waals surface area (Å²) in [6, 6.07) is 7.36. The van der Waals surface area contributed by atoms with Crippen LogP contribution in [0.3, 0.4) is 0 Å². The van der Waals surface area contributed by atoms with E-state index in [1.165, 1.54) is 17.4 Å². The summed E-state index contributed by atoms with van der Waals surface area (Å²) < 4.78 is 0. The van der Waals surface area contributed by atoms with E-state index < -0.39 is 5.97 Å². The Balaban J connectivity index is 1.93. The van der Waals surface area contributed by atoms with Gasteiger partial charge < -0.3 is 10.4 Å². The number of carboxylic acids is 1. The lowest BCUT2D eigenvalue weighted by Crippen LogP contribution is -2.22. The Bertz CT molecular complexity index is 671. The Hall–Kier alpha value is -2.40. The molecule has 0 spiro atoms. The third-order valence-electron chi connectivity index (χ3n) is 2.95. The molecule has 4 nitrogen and oxygen atoms in total. The monoisotopic (exact) mass is 301 g/mol. The number of amides is 1. The van der Waals surface area contributed by atoms with Crippen LogP contribution in [0.15, 0.2) is 41.1 Å². The number of aryl methyl sites for hydroxylation is 1. The van der Waals surface area contributed by atoms with Gasteiger partial charge in [-0.2, -0.15) is 11.3 Å². The van der Waals surface area contributed by atoms with Gasteiger partial charge in [0.05, 0.1) is 5.56 Å². The maximum absolute atomic E-state index is 12.0. The quantitative estimate of drug-likeness (QED) is 0.834. The van der Waals surface area contributed by atoms with Crippen LogP contribution in [-0.4, -0.2) is 17.0 Å². The molecule has 21 heavy (non-hydrogen) atoms. The topological polar surface area (TPSA) is 66.4 Å². The fraction of sp³-hybridized carbons (Fsp3) is 0.125. The second-order valence-corrected chi connectivity index (χ2v) is 5.31. The van der Waals surface area contributed by atoms with Crippen molar-refractivity contribution in [1.29, 1.82) is 0 Å². The maximum Gasteiger partial charge on any atom is 0.328 e. The normalized spacial score (nSPS) is 10.7. The molecule has 0 unspecified atom stereocenters. The van der Waals surface area contributed by atoms with Crippen LogP contribution in [0, 0.1) is 6.92 Å². The van der Waals surface area contributed by atoms with Crippen LogP contribution < -0.4 is 5.32 Å². The molecule has 0 aliphatic carbocycles. The summed E-state index contributed by atoms with van der Waals surface area (Å²) in [4.78, 5) is 22.4. The van der Waals surface area contributed by atoms with E-state index in [0.717, 1.165) is 22.8 Å². The van der Waals surface area contributed by atoms with Crippen LogP contribution in [0.1, 0.15) is 27.0 Å². The van der Waals surface area contributed by atoms with Gasteiger partial charge in [-0.1, -0.05) is 24.3 Å². The number of nitrogens with one attached hydrogen (secondary N) is 1. The molecule has 1 aromatic heterocycles. The Morgan fingerprint density at radius 2 is 1.95 bits per heavy atom. The van der Waals surface area contributed by atoms with Gasteiger partial charge in [-0.25, -0.2) is 4.79 Å². The molecule has 0 saturated carbocycles. The second-order valence-electron chi connectivity index (χ2n) is 4.56. The number of thiophene rings is 1. The number of benzene rings is 1. The molecule has 0 radical (unpaired) electrons. The molecule has 2 aromatic rings. The van der Waals surface area contributed by atoms with Crippen molar-refractivity contribution in [3.05, 3.63) is 63.4 Å². The van der Waals surface area contributed by atoms with E-state index in [1.807, 2.05) is 41.9 Å². The van der Waals surface area contributed by atoms with E-state index in [4.69, 9.17) is 5.11 Å². The van der Waals surface area contributed by atoms with Crippen LogP contribution in [0.25, 0.3) is 6.08 Å². The predicted molar refractivity (Wildman–Crippen MR) is 83.3 cm³/mol. The number of hydrogen-bond donors (Lipinski definition) is 2. The number of aliphatic carboxylic acids is 1. The van der Waals surface area contributed by atoms with Crippen molar-refractivity contribution in [2.24, 2.45) is 0 Å². The first kappa shape index (κ1) is 15.0. The highest BCUT2D eigenvalue weighted by molar-refractivity contribution is 7.08. The molecule has 2 rings (SSSR count). The number of rotatable bonds is 5. The molecule has 1 aromatic carbocycles. The second kappa shape index (κ2) is 6.85. The minimum atomic E-state index is -0.975. The lowest BCUT2D eigenvalue weighted by atomic mass is 10.1. The van der Waals surface area contributed by atoms with Crippen LogP contribution in [0.2, 0.25) is 0 Å². The minimum absolute atomic E-state index is 0.0800. The molecule has 2 N–H and O–H groups in total. The molecular weight excluding hydrogens is 286 g/mol. The summed E-state index contributed by atoms with van der Waals surface area (Å²) >= 11 is 1.51. The van der Waals surface area contributed by atoms with Gasteiger partial charge in [0.25, 0.3) is 5.91 Å². The van der Waals surface area contributed by atoms with E-state index in [9.17, 15) is 9.59 Å². The zero-order valence-corrected chi connectivity index (χ0v) is 12.3. The first-order valence-corrected chi connectivity index (χ1v) is 7.31. The summed E-state index contributed by atoms with van der Waals surface area (Å²) in [5, 5.41) is 15.2. The number of carbonyl (C=O) groups excluding carboxylic acids is 1. The predicted octanol–water partition coefficient (Wildman–Crippen LogP) is 3.08. The number of carboxylic acid groups (broad SMARTS) is 1. The van der Waals surface area contributed by atoms with Crippen molar-refractivity contribution in [1.82, 2.24) is 5.32 Å². The molecule has 0 saturated heterocycles. The lowest BCUT2D eigenvalue weighted by Gasteiger charge is -2.05. The highest BCUT2D eigenvalue weighted by atomic mass is 32.1. The maximum atomic E-state index is 12.0. The summed E-state index contributed by atoms with van der Waals surface area (Å²) in [6.45, 7) is 2.35. The van der Waals surface area contributed by atoms with Crippen molar-refractivity contribution in [2.45, 2.75) is 13.5 Å². The Kier molecular flexibility index (Phi) is 4.90. The van der Waals surface area contributed by atoms with Gasteiger partial charge in [-0.3, -0.25) is 4.79 Å². The van der Waals surface area contributed by atoms with E-state index in [1.54, 1.807) is 0 Å². The SMILES string of the molecule is Cc1cscc1C(=O)NCc1ccc(C=CC(=O)O)cc1. The van der Waals surface area contributed by atoms with Gasteiger partial charge in [0.15, 0.2) is 0 Å². The van der Waals surface area contributed by atoms with Crippen molar-refractivity contribution in [3.8, 4) is 0 Å². The van der Waals surface area contributed by atoms with Crippen LogP contribution in [0.4, 0.5) is 0 Å². The van der Waals surface area contributed by atoms with Crippen molar-refractivity contribution < 1.29 is 14.7 Å². The summed E-state index contributed by atoms with van der Waals surface area (Å²) in [5.74, 6) is -1.05. The molecule has 1 amide bonds. The standard InChI is InChI=1S/C16H15NO3S/c1-11-9-21-10-14(11)16(20)17-8-13-4-2-12(3-5-13)6-7-15(18)19/h2-7,9-10H,8H2,1H3,(H,17,20)(H,18,19). The van der Waals surface area contributed by atoms with E-state index >= 15 is 0 Å². The van der Waals surface area contributed by atoms with E-state index in [2.05, 4.69) is 5.32 Å². The Labute approximate surface area is 126 Å². The van der Waals surface area contributed by atoms with E-state index in [-0.39, 0.29) is 5.91 Å². The van der Waals surface area contributed by atoms with Crippen LogP contribution in [-0.2, 0) is 11.3 Å². The fourth-order valence-corrected chi connectivity index (χ4v) is 2.61. The first-order valence-electron chi connectivity index (χ1n) is 6.37. The van der Waals surface area contributed by atoms with E-state index in [0.29, 0.717) is 12.1 Å². The van der Waals surface area contributed by atoms with Crippen LogP contribution >= 0.6 is 11.3 Å². The van der Waals surface area contributed by atoms with Gasteiger partial charge in [-0.05, 0) is 35.1 Å². The fourth-order valence-electron chi connectivity index (χ4n) is 1.78. The van der Waals surface area contributed by atoms with Crippen molar-refractivity contribution in [3.63, 3.8) is 0 Å². The highest BCUT2D eigenvalue weighted by Gasteiger charge is 2.08. The molecule has 1 heterocycles. The number of hydrogen-bond acceptors (Lipinski definition) is 3. The first-order chi connectivity index (χ1) is 10.1. The average molecular weight is 301 g/mol. The molecule has 0 aliphatic rings. The molecule has 0 aliphatic heterocycles. The van der Waals surface area contributed by atoms with Crippen LogP contribution in [0.5, 0.6) is 0 Å². The zero-order valence-electron chi connectivity index (χ0n) is 11.5. The Morgan fingerprint density at radius 1 is 1.24 bits per heavy atom. The van der Waals surface area contributed by atoms with Gasteiger partial charge in [0.1, 0.15) is 0 Å². The van der Waals surface area contributed by atoms with Crippen molar-refractivity contribution >= 4 is 29.3 Å². The summed E-state index contributed by atoms with van der Waals surface area (Å²) in [7, 11) is 0. The summed E-state index contributed by atoms with van der Waals surface area (Å²) in [5.41, 5.74) is 3.46. The number of carbonyl (C=O) groups is 2. The highest BCUT2D eigenvalue weighted by Crippen LogP contribution is 2.13. The third-order valence-corrected chi connectivity index (χ3v) is 3.81. The molecule has 0 atom stereocenters. The zero-order chi connectivity index (χ0) is 15.2. The largest absolute Gasteiger partial charge is 0.478 e. The lowest BCUT2D eigenvalue weighted by molar-refractivity contribution is -0.131. The average Bonchev–Trinajstić information content (AvgIpc) is 2.90. The van der Waals surface area contributed by atoms with Gasteiger partial charge in [0.2, 0.25) is 0 Å². The molecule has 108 valence electrons. The van der Waals surface area contributed by atoms with Gasteiger partial charge >= 0.3 is 5.97 Å². The molecule has 5 heteroatoms. The van der Waals surface area contributed by atoms with Crippen molar-refractivity contribution in [2.75, 3.05) is 0 Å². The van der Waals surface area contributed by atoms with Gasteiger partial charge in [0, 0.05) is 18.0 Å². The molecule has 0 bridgehead atoms. The van der Waals surface area contributed by atoms with Gasteiger partial charge in [-0.15, -0.1) is 0 Å². The summed E-state index contributed by atoms with van der Waals surface area (Å²) in [6.07, 6.45) is 2.62.